The Balaban J connectivity index is 1.53. The zero-order chi connectivity index (χ0) is 17.7. The van der Waals surface area contributed by atoms with Gasteiger partial charge in [-0.05, 0) is 49.1 Å². The molecule has 3 rings (SSSR count). The van der Waals surface area contributed by atoms with Crippen molar-refractivity contribution in [3.05, 3.63) is 35.4 Å². The van der Waals surface area contributed by atoms with E-state index in [4.69, 9.17) is 9.47 Å². The molecule has 4 nitrogen and oxygen atoms in total. The van der Waals surface area contributed by atoms with Crippen molar-refractivity contribution in [2.24, 2.45) is 11.3 Å². The van der Waals surface area contributed by atoms with Gasteiger partial charge < -0.3 is 14.4 Å². The van der Waals surface area contributed by atoms with Gasteiger partial charge in [0.25, 0.3) is 0 Å². The second-order valence-electron chi connectivity index (χ2n) is 7.65. The van der Waals surface area contributed by atoms with Gasteiger partial charge in [-0.1, -0.05) is 24.3 Å². The van der Waals surface area contributed by atoms with E-state index in [1.807, 2.05) is 0 Å². The van der Waals surface area contributed by atoms with Gasteiger partial charge >= 0.3 is 0 Å². The van der Waals surface area contributed by atoms with Crippen LogP contribution in [-0.2, 0) is 20.7 Å². The maximum atomic E-state index is 12.6. The molecule has 0 saturated carbocycles. The van der Waals surface area contributed by atoms with Crippen LogP contribution in [0.15, 0.2) is 24.3 Å². The van der Waals surface area contributed by atoms with E-state index in [0.29, 0.717) is 23.7 Å². The highest BCUT2D eigenvalue weighted by Gasteiger charge is 2.43. The first-order valence-corrected chi connectivity index (χ1v) is 9.53. The van der Waals surface area contributed by atoms with E-state index in [-0.39, 0.29) is 0 Å². The molecule has 1 aromatic carbocycles. The first-order chi connectivity index (χ1) is 12.1. The van der Waals surface area contributed by atoms with E-state index < -0.39 is 0 Å². The number of piperidine rings is 1. The molecular weight excluding hydrogens is 314 g/mol. The number of hydrogen-bond acceptors (Lipinski definition) is 3. The lowest BCUT2D eigenvalue weighted by Crippen LogP contribution is -2.50. The molecule has 2 aliphatic rings. The molecule has 2 aliphatic heterocycles. The summed E-state index contributed by atoms with van der Waals surface area (Å²) in [5.74, 6) is 0.768. The molecule has 0 aromatic heterocycles. The first-order valence-electron chi connectivity index (χ1n) is 9.53. The van der Waals surface area contributed by atoms with Gasteiger partial charge in [0.15, 0.2) is 0 Å². The smallest absolute Gasteiger partial charge is 0.222 e. The molecule has 0 aliphatic carbocycles. The molecule has 2 heterocycles. The van der Waals surface area contributed by atoms with Gasteiger partial charge in [-0.2, -0.15) is 0 Å². The lowest BCUT2D eigenvalue weighted by molar-refractivity contribution is -0.138. The van der Waals surface area contributed by atoms with Crippen LogP contribution in [0, 0.1) is 18.3 Å². The number of carbonyl (C=O) groups is 1. The second kappa shape index (κ2) is 8.33. The number of hydrogen-bond donors (Lipinski definition) is 0. The number of aryl methyl sites for hydroxylation is 2. The van der Waals surface area contributed by atoms with E-state index in [1.165, 1.54) is 11.1 Å². The first kappa shape index (κ1) is 18.4. The topological polar surface area (TPSA) is 38.8 Å². The Labute approximate surface area is 151 Å². The van der Waals surface area contributed by atoms with Crippen molar-refractivity contribution in [2.45, 2.75) is 39.0 Å². The molecule has 1 atom stereocenters. The fourth-order valence-corrected chi connectivity index (χ4v) is 4.46. The SMILES string of the molecule is COCC1COCCC12CCN(C(=O)CCc1ccccc1C)CC2. The number of carbonyl (C=O) groups excluding carboxylic acids is 1. The third-order valence-corrected chi connectivity index (χ3v) is 6.28. The maximum absolute atomic E-state index is 12.6. The van der Waals surface area contributed by atoms with Crippen molar-refractivity contribution >= 4 is 5.91 Å². The van der Waals surface area contributed by atoms with Crippen LogP contribution in [0.25, 0.3) is 0 Å². The van der Waals surface area contributed by atoms with Crippen LogP contribution in [0.3, 0.4) is 0 Å². The van der Waals surface area contributed by atoms with Gasteiger partial charge in [0.2, 0.25) is 5.91 Å². The van der Waals surface area contributed by atoms with Crippen molar-refractivity contribution in [3.8, 4) is 0 Å². The number of ether oxygens (including phenoxy) is 2. The van der Waals surface area contributed by atoms with Crippen LogP contribution in [0.5, 0.6) is 0 Å². The molecule has 0 bridgehead atoms. The Hall–Kier alpha value is -1.39. The van der Waals surface area contributed by atoms with Gasteiger partial charge in [0, 0.05) is 39.1 Å². The Morgan fingerprint density at radius 2 is 2.04 bits per heavy atom. The summed E-state index contributed by atoms with van der Waals surface area (Å²) in [4.78, 5) is 14.7. The molecule has 138 valence electrons. The summed E-state index contributed by atoms with van der Waals surface area (Å²) < 4.78 is 11.1. The van der Waals surface area contributed by atoms with E-state index in [9.17, 15) is 4.79 Å². The minimum Gasteiger partial charge on any atom is -0.384 e. The molecule has 2 saturated heterocycles. The summed E-state index contributed by atoms with van der Waals surface area (Å²) in [6.07, 6.45) is 4.73. The minimum absolute atomic E-state index is 0.299. The van der Waals surface area contributed by atoms with Crippen molar-refractivity contribution < 1.29 is 14.3 Å². The summed E-state index contributed by atoms with van der Waals surface area (Å²) >= 11 is 0. The minimum atomic E-state index is 0.299. The molecule has 1 unspecified atom stereocenters. The lowest BCUT2D eigenvalue weighted by Gasteiger charge is -2.49. The Morgan fingerprint density at radius 3 is 2.76 bits per heavy atom. The van der Waals surface area contributed by atoms with Crippen molar-refractivity contribution in [2.75, 3.05) is 40.0 Å². The molecule has 2 fully saturated rings. The average Bonchev–Trinajstić information content (AvgIpc) is 2.64. The van der Waals surface area contributed by atoms with E-state index >= 15 is 0 Å². The average molecular weight is 345 g/mol. The highest BCUT2D eigenvalue weighted by molar-refractivity contribution is 5.76. The van der Waals surface area contributed by atoms with E-state index in [2.05, 4.69) is 36.1 Å². The number of likely N-dealkylation sites (tertiary alicyclic amines) is 1. The van der Waals surface area contributed by atoms with Crippen LogP contribution in [0.2, 0.25) is 0 Å². The molecule has 1 amide bonds. The van der Waals surface area contributed by atoms with E-state index in [1.54, 1.807) is 7.11 Å². The number of methoxy groups -OCH3 is 1. The molecule has 25 heavy (non-hydrogen) atoms. The second-order valence-corrected chi connectivity index (χ2v) is 7.65. The maximum Gasteiger partial charge on any atom is 0.222 e. The summed E-state index contributed by atoms with van der Waals surface area (Å²) in [6.45, 7) is 6.29. The summed E-state index contributed by atoms with van der Waals surface area (Å²) in [5.41, 5.74) is 2.87. The zero-order valence-electron chi connectivity index (χ0n) is 15.6. The third-order valence-electron chi connectivity index (χ3n) is 6.28. The predicted octanol–water partition coefficient (Wildman–Crippen LogP) is 3.22. The zero-order valence-corrected chi connectivity index (χ0v) is 15.6. The van der Waals surface area contributed by atoms with Crippen molar-refractivity contribution in [1.82, 2.24) is 4.90 Å². The third kappa shape index (κ3) is 4.24. The monoisotopic (exact) mass is 345 g/mol. The van der Waals surface area contributed by atoms with Crippen molar-refractivity contribution in [3.63, 3.8) is 0 Å². The van der Waals surface area contributed by atoms with Crippen LogP contribution < -0.4 is 0 Å². The number of nitrogens with zero attached hydrogens (tertiary/aromatic N) is 1. The van der Waals surface area contributed by atoms with Gasteiger partial charge in [-0.25, -0.2) is 0 Å². The fourth-order valence-electron chi connectivity index (χ4n) is 4.46. The molecule has 0 N–H and O–H groups in total. The Bertz CT molecular complexity index is 576. The summed E-state index contributed by atoms with van der Waals surface area (Å²) in [6, 6.07) is 8.35. The fraction of sp³-hybridized carbons (Fsp3) is 0.667. The standard InChI is InChI=1S/C21H31NO3/c1-17-5-3-4-6-18(17)7-8-20(23)22-12-9-21(10-13-22)11-14-25-16-19(21)15-24-2/h3-6,19H,7-16H2,1-2H3. The highest BCUT2D eigenvalue weighted by atomic mass is 16.5. The van der Waals surface area contributed by atoms with Crippen LogP contribution in [-0.4, -0.2) is 50.8 Å². The normalized spacial score (nSPS) is 23.0. The van der Waals surface area contributed by atoms with Gasteiger partial charge in [0.05, 0.1) is 13.2 Å². The lowest BCUT2D eigenvalue weighted by atomic mass is 9.66. The van der Waals surface area contributed by atoms with E-state index in [0.717, 1.165) is 58.6 Å². The number of rotatable bonds is 5. The number of benzene rings is 1. The number of amides is 1. The predicted molar refractivity (Wildman–Crippen MR) is 98.5 cm³/mol. The van der Waals surface area contributed by atoms with Crippen LogP contribution in [0.4, 0.5) is 0 Å². The summed E-state index contributed by atoms with van der Waals surface area (Å²) in [7, 11) is 1.77. The van der Waals surface area contributed by atoms with Crippen LogP contribution >= 0.6 is 0 Å². The molecule has 0 radical (unpaired) electrons. The Morgan fingerprint density at radius 1 is 1.28 bits per heavy atom. The quantitative estimate of drug-likeness (QED) is 0.822. The molecule has 1 aromatic rings. The largest absolute Gasteiger partial charge is 0.384 e. The molecule has 1 spiro atoms. The molecular formula is C21H31NO3. The van der Waals surface area contributed by atoms with Gasteiger partial charge in [-0.3, -0.25) is 4.79 Å². The Kier molecular flexibility index (Phi) is 6.13. The molecule has 4 heteroatoms. The highest BCUT2D eigenvalue weighted by Crippen LogP contribution is 2.44. The summed E-state index contributed by atoms with van der Waals surface area (Å²) in [5, 5.41) is 0. The van der Waals surface area contributed by atoms with Gasteiger partial charge in [-0.15, -0.1) is 0 Å². The van der Waals surface area contributed by atoms with Crippen LogP contribution in [0.1, 0.15) is 36.8 Å². The van der Waals surface area contributed by atoms with Gasteiger partial charge in [0.1, 0.15) is 0 Å². The van der Waals surface area contributed by atoms with Crippen molar-refractivity contribution in [1.29, 1.82) is 0 Å².